The molecule has 0 heterocycles. The molecule has 0 fully saturated rings. The molecule has 1 radical (unpaired) electrons. The molecule has 1 aromatic carbocycles. The molecule has 0 aromatic heterocycles. The van der Waals surface area contributed by atoms with E-state index in [2.05, 4.69) is 4.84 Å². The molecule has 3 N–H and O–H groups in total. The topological polar surface area (TPSA) is 108 Å². The Labute approximate surface area is 84.8 Å². The van der Waals surface area contributed by atoms with Crippen molar-refractivity contribution in [2.75, 3.05) is 0 Å². The Morgan fingerprint density at radius 1 is 1.27 bits per heavy atom. The summed E-state index contributed by atoms with van der Waals surface area (Å²) in [6.45, 7) is -0.261. The van der Waals surface area contributed by atoms with Gasteiger partial charge in [-0.25, -0.2) is 9.59 Å². The zero-order chi connectivity index (χ0) is 11.4. The summed E-state index contributed by atoms with van der Waals surface area (Å²) in [6, 6.07) is 3.56. The summed E-state index contributed by atoms with van der Waals surface area (Å²) in [5.74, 6) is 4.18. The normalized spacial score (nSPS) is 9.93. The van der Waals surface area contributed by atoms with Crippen molar-refractivity contribution in [2.24, 2.45) is 0 Å². The van der Waals surface area contributed by atoms with Crippen LogP contribution in [0.4, 0.5) is 0 Å². The van der Waals surface area contributed by atoms with Crippen molar-refractivity contribution in [2.45, 2.75) is 6.61 Å². The van der Waals surface area contributed by atoms with Crippen LogP contribution in [0, 0.1) is 0 Å². The van der Waals surface area contributed by atoms with E-state index in [1.165, 1.54) is 18.2 Å². The lowest BCUT2D eigenvalue weighted by Crippen LogP contribution is -2.06. The van der Waals surface area contributed by atoms with Crippen LogP contribution in [0.15, 0.2) is 18.2 Å². The Morgan fingerprint density at radius 3 is 2.40 bits per heavy atom. The van der Waals surface area contributed by atoms with Gasteiger partial charge in [-0.1, -0.05) is 0 Å². The minimum absolute atomic E-state index is 0.0351. The molecule has 0 aliphatic rings. The molecule has 0 atom stereocenters. The highest BCUT2D eigenvalue weighted by Gasteiger charge is 2.13. The summed E-state index contributed by atoms with van der Waals surface area (Å²) in [5, 5.41) is 17.4. The van der Waals surface area contributed by atoms with Crippen LogP contribution in [-0.2, 0) is 11.4 Å². The third-order valence-corrected chi connectivity index (χ3v) is 1.81. The molecule has 0 unspecified atom stereocenters. The average molecular weight is 210 g/mol. The van der Waals surface area contributed by atoms with Gasteiger partial charge in [-0.05, 0) is 23.8 Å². The number of benzene rings is 1. The number of rotatable bonds is 4. The fourth-order valence-electron chi connectivity index (χ4n) is 1.13. The Bertz CT molecular complexity index is 401. The maximum Gasteiger partial charge on any atom is 0.336 e. The van der Waals surface area contributed by atoms with Gasteiger partial charge in [-0.15, -0.1) is 5.90 Å². The number of nitrogens with one attached hydrogen (secondary N) is 1. The van der Waals surface area contributed by atoms with Gasteiger partial charge in [0, 0.05) is 0 Å². The average Bonchev–Trinajstić information content (AvgIpc) is 2.17. The second kappa shape index (κ2) is 4.54. The number of hydrogen-bond acceptors (Lipinski definition) is 3. The highest BCUT2D eigenvalue weighted by molar-refractivity contribution is 5.93. The first-order valence-electron chi connectivity index (χ1n) is 3.94. The molecule has 0 spiro atoms. The van der Waals surface area contributed by atoms with Crippen molar-refractivity contribution >= 4 is 11.9 Å². The molecule has 1 aromatic rings. The van der Waals surface area contributed by atoms with Crippen LogP contribution in [0.5, 0.6) is 0 Å². The number of carbonyl (C=O) groups is 2. The maximum atomic E-state index is 10.7. The van der Waals surface area contributed by atoms with Gasteiger partial charge in [0.2, 0.25) is 0 Å². The zero-order valence-corrected chi connectivity index (χ0v) is 7.56. The van der Waals surface area contributed by atoms with Crippen molar-refractivity contribution in [3.05, 3.63) is 34.9 Å². The van der Waals surface area contributed by atoms with Gasteiger partial charge in [0.15, 0.2) is 0 Å². The van der Waals surface area contributed by atoms with Gasteiger partial charge in [0.1, 0.15) is 0 Å². The van der Waals surface area contributed by atoms with Crippen molar-refractivity contribution in [1.82, 2.24) is 5.90 Å². The molecule has 0 amide bonds. The SMILES string of the molecule is [NH]OCc1cc(C(=O)O)ccc1C(=O)O. The largest absolute Gasteiger partial charge is 0.478 e. The third kappa shape index (κ3) is 2.52. The van der Waals surface area contributed by atoms with E-state index < -0.39 is 11.9 Å². The standard InChI is InChI=1S/C9H8NO5/c10-15-4-6-3-5(8(11)12)1-2-7(6)9(13)14/h1-3,10H,4H2,(H,11,12)(H,13,14). The molecule has 0 bridgehead atoms. The van der Waals surface area contributed by atoms with E-state index in [9.17, 15) is 9.59 Å². The van der Waals surface area contributed by atoms with E-state index in [1.807, 2.05) is 0 Å². The Hall–Kier alpha value is -1.92. The minimum atomic E-state index is -1.18. The lowest BCUT2D eigenvalue weighted by Gasteiger charge is -2.05. The Morgan fingerprint density at radius 2 is 1.93 bits per heavy atom. The lowest BCUT2D eigenvalue weighted by atomic mass is 10.0. The van der Waals surface area contributed by atoms with Crippen molar-refractivity contribution in [3.8, 4) is 0 Å². The minimum Gasteiger partial charge on any atom is -0.478 e. The lowest BCUT2D eigenvalue weighted by molar-refractivity contribution is 0.0670. The predicted molar refractivity (Wildman–Crippen MR) is 48.2 cm³/mol. The third-order valence-electron chi connectivity index (χ3n) is 1.81. The number of carboxylic acids is 2. The van der Waals surface area contributed by atoms with Gasteiger partial charge in [0.25, 0.3) is 0 Å². The summed E-state index contributed by atoms with van der Waals surface area (Å²) < 4.78 is 0. The van der Waals surface area contributed by atoms with Gasteiger partial charge < -0.3 is 10.2 Å². The van der Waals surface area contributed by atoms with E-state index in [0.29, 0.717) is 0 Å². The summed E-state index contributed by atoms with van der Waals surface area (Å²) >= 11 is 0. The summed E-state index contributed by atoms with van der Waals surface area (Å²) in [7, 11) is 0. The molecular formula is C9H8NO5. The van der Waals surface area contributed by atoms with Crippen LogP contribution in [0.25, 0.3) is 0 Å². The van der Waals surface area contributed by atoms with Gasteiger partial charge >= 0.3 is 11.9 Å². The van der Waals surface area contributed by atoms with E-state index in [-0.39, 0.29) is 23.3 Å². The van der Waals surface area contributed by atoms with E-state index in [0.717, 1.165) is 0 Å². The molecule has 0 aliphatic heterocycles. The molecule has 1 rings (SSSR count). The number of hydrogen-bond donors (Lipinski definition) is 2. The molecule has 6 nitrogen and oxygen atoms in total. The fourth-order valence-corrected chi connectivity index (χ4v) is 1.13. The first-order chi connectivity index (χ1) is 7.06. The quantitative estimate of drug-likeness (QED) is 0.714. The smallest absolute Gasteiger partial charge is 0.336 e. The first-order valence-corrected chi connectivity index (χ1v) is 3.94. The maximum absolute atomic E-state index is 10.7. The monoisotopic (exact) mass is 210 g/mol. The van der Waals surface area contributed by atoms with Crippen molar-refractivity contribution in [3.63, 3.8) is 0 Å². The molecule has 6 heteroatoms. The van der Waals surface area contributed by atoms with E-state index in [4.69, 9.17) is 16.1 Å². The molecule has 0 saturated carbocycles. The Balaban J connectivity index is 3.20. The summed E-state index contributed by atoms with van der Waals surface area (Å²) in [4.78, 5) is 25.4. The molecule has 79 valence electrons. The highest BCUT2D eigenvalue weighted by atomic mass is 16.6. The van der Waals surface area contributed by atoms with Crippen LogP contribution in [0.2, 0.25) is 0 Å². The zero-order valence-electron chi connectivity index (χ0n) is 7.56. The Kier molecular flexibility index (Phi) is 3.37. The van der Waals surface area contributed by atoms with Crippen LogP contribution in [-0.4, -0.2) is 22.2 Å². The van der Waals surface area contributed by atoms with Gasteiger partial charge in [-0.3, -0.25) is 4.84 Å². The molecule has 0 saturated heterocycles. The van der Waals surface area contributed by atoms with Crippen molar-refractivity contribution in [1.29, 1.82) is 0 Å². The van der Waals surface area contributed by atoms with Crippen LogP contribution >= 0.6 is 0 Å². The van der Waals surface area contributed by atoms with Crippen LogP contribution in [0.3, 0.4) is 0 Å². The number of aromatic carboxylic acids is 2. The molecular weight excluding hydrogens is 202 g/mol. The summed E-state index contributed by atoms with van der Waals surface area (Å²) in [6.07, 6.45) is 0. The first kappa shape index (κ1) is 11.2. The van der Waals surface area contributed by atoms with Crippen LogP contribution in [0.1, 0.15) is 26.3 Å². The fraction of sp³-hybridized carbons (Fsp3) is 0.111. The second-order valence-corrected chi connectivity index (χ2v) is 2.77. The van der Waals surface area contributed by atoms with Crippen LogP contribution < -0.4 is 5.90 Å². The molecule has 15 heavy (non-hydrogen) atoms. The van der Waals surface area contributed by atoms with Crippen molar-refractivity contribution < 1.29 is 24.6 Å². The predicted octanol–water partition coefficient (Wildman–Crippen LogP) is 0.798. The highest BCUT2D eigenvalue weighted by Crippen LogP contribution is 2.13. The van der Waals surface area contributed by atoms with Gasteiger partial charge in [0.05, 0.1) is 17.7 Å². The van der Waals surface area contributed by atoms with E-state index >= 15 is 0 Å². The van der Waals surface area contributed by atoms with E-state index in [1.54, 1.807) is 0 Å². The van der Waals surface area contributed by atoms with Gasteiger partial charge in [-0.2, -0.15) is 0 Å². The molecule has 0 aliphatic carbocycles. The number of carboxylic acid groups (broad SMARTS) is 2. The summed E-state index contributed by atoms with van der Waals surface area (Å²) in [5.41, 5.74) is 0.0664. The second-order valence-electron chi connectivity index (χ2n) is 2.77.